The topological polar surface area (TPSA) is 50.8 Å². The molecule has 0 bridgehead atoms. The molecule has 0 aromatic heterocycles. The fourth-order valence-corrected chi connectivity index (χ4v) is 3.31. The summed E-state index contributed by atoms with van der Waals surface area (Å²) >= 11 is 0. The number of nitrogens with zero attached hydrogens (tertiary/aromatic N) is 1. The summed E-state index contributed by atoms with van der Waals surface area (Å²) in [6.45, 7) is 11.5. The van der Waals surface area contributed by atoms with E-state index in [0.717, 1.165) is 38.4 Å². The molecule has 3 rings (SSSR count). The Morgan fingerprint density at radius 1 is 1.07 bits per heavy atom. The molecular formula is C24H32N2O3. The largest absolute Gasteiger partial charge is 0.484 e. The number of rotatable bonds is 7. The average molecular weight is 397 g/mol. The fraction of sp³-hybridized carbons (Fsp3) is 0.458. The number of benzene rings is 2. The fourth-order valence-electron chi connectivity index (χ4n) is 3.31. The minimum Gasteiger partial charge on any atom is -0.484 e. The maximum atomic E-state index is 12.2. The second-order valence-corrected chi connectivity index (χ2v) is 8.55. The molecule has 1 N–H and O–H groups in total. The lowest BCUT2D eigenvalue weighted by atomic mass is 9.87. The Hall–Kier alpha value is -2.37. The van der Waals surface area contributed by atoms with Gasteiger partial charge in [0.25, 0.3) is 5.91 Å². The standard InChI is InChI=1S/C24H32N2O3/c1-24(2,3)21-7-9-22(10-8-21)29-18-23(27)25-16-19-5-4-6-20(15-19)17-26-11-13-28-14-12-26/h4-10,15H,11-14,16-18H2,1-3H3,(H,25,27). The maximum absolute atomic E-state index is 12.2. The Balaban J connectivity index is 1.43. The van der Waals surface area contributed by atoms with Gasteiger partial charge in [-0.1, -0.05) is 57.2 Å². The molecule has 0 spiro atoms. The number of amides is 1. The minimum absolute atomic E-state index is 0.0162. The highest BCUT2D eigenvalue weighted by atomic mass is 16.5. The van der Waals surface area contributed by atoms with E-state index < -0.39 is 0 Å². The Morgan fingerprint density at radius 2 is 1.76 bits per heavy atom. The summed E-state index contributed by atoms with van der Waals surface area (Å²) in [5.74, 6) is 0.587. The molecule has 1 amide bonds. The predicted molar refractivity (Wildman–Crippen MR) is 115 cm³/mol. The summed E-state index contributed by atoms with van der Waals surface area (Å²) in [5.41, 5.74) is 3.70. The molecule has 1 fully saturated rings. The third-order valence-electron chi connectivity index (χ3n) is 5.08. The van der Waals surface area contributed by atoms with E-state index in [4.69, 9.17) is 9.47 Å². The van der Waals surface area contributed by atoms with Crippen LogP contribution in [0.15, 0.2) is 48.5 Å². The highest BCUT2D eigenvalue weighted by Crippen LogP contribution is 2.24. The molecule has 2 aromatic carbocycles. The van der Waals surface area contributed by atoms with Gasteiger partial charge in [0.15, 0.2) is 6.61 Å². The third kappa shape index (κ3) is 6.87. The molecule has 5 heteroatoms. The smallest absolute Gasteiger partial charge is 0.258 e. The Morgan fingerprint density at radius 3 is 2.45 bits per heavy atom. The lowest BCUT2D eigenvalue weighted by Crippen LogP contribution is -2.35. The van der Waals surface area contributed by atoms with Gasteiger partial charge in [0.1, 0.15) is 5.75 Å². The van der Waals surface area contributed by atoms with Crippen LogP contribution in [-0.4, -0.2) is 43.7 Å². The van der Waals surface area contributed by atoms with Crippen molar-refractivity contribution in [1.82, 2.24) is 10.2 Å². The van der Waals surface area contributed by atoms with Gasteiger partial charge in [-0.25, -0.2) is 0 Å². The molecule has 2 aromatic rings. The lowest BCUT2D eigenvalue weighted by molar-refractivity contribution is -0.123. The molecular weight excluding hydrogens is 364 g/mol. The summed E-state index contributed by atoms with van der Waals surface area (Å²) in [4.78, 5) is 14.5. The lowest BCUT2D eigenvalue weighted by Gasteiger charge is -2.26. The van der Waals surface area contributed by atoms with Crippen LogP contribution in [0.4, 0.5) is 0 Å². The van der Waals surface area contributed by atoms with Crippen molar-refractivity contribution in [3.63, 3.8) is 0 Å². The first-order chi connectivity index (χ1) is 13.9. The zero-order valence-electron chi connectivity index (χ0n) is 17.7. The molecule has 1 saturated heterocycles. The third-order valence-corrected chi connectivity index (χ3v) is 5.08. The zero-order valence-corrected chi connectivity index (χ0v) is 17.7. The van der Waals surface area contributed by atoms with Crippen LogP contribution < -0.4 is 10.1 Å². The SMILES string of the molecule is CC(C)(C)c1ccc(OCC(=O)NCc2cccc(CN3CCOCC3)c2)cc1. The number of carbonyl (C=O) groups is 1. The van der Waals surface area contributed by atoms with E-state index in [2.05, 4.69) is 43.1 Å². The minimum atomic E-state index is -0.122. The van der Waals surface area contributed by atoms with Crippen LogP contribution in [0.2, 0.25) is 0 Å². The number of hydrogen-bond acceptors (Lipinski definition) is 4. The molecule has 1 aliphatic heterocycles. The van der Waals surface area contributed by atoms with Crippen molar-refractivity contribution in [1.29, 1.82) is 0 Å². The quantitative estimate of drug-likeness (QED) is 0.778. The maximum Gasteiger partial charge on any atom is 0.258 e. The van der Waals surface area contributed by atoms with Crippen LogP contribution in [-0.2, 0) is 28.0 Å². The summed E-state index contributed by atoms with van der Waals surface area (Å²) in [7, 11) is 0. The molecule has 0 radical (unpaired) electrons. The van der Waals surface area contributed by atoms with Gasteiger partial charge >= 0.3 is 0 Å². The highest BCUT2D eigenvalue weighted by molar-refractivity contribution is 5.77. The molecule has 0 atom stereocenters. The van der Waals surface area contributed by atoms with Crippen molar-refractivity contribution in [3.05, 3.63) is 65.2 Å². The second kappa shape index (κ2) is 9.90. The van der Waals surface area contributed by atoms with Crippen LogP contribution in [0.3, 0.4) is 0 Å². The van der Waals surface area contributed by atoms with E-state index >= 15 is 0 Å². The van der Waals surface area contributed by atoms with Crippen molar-refractivity contribution in [3.8, 4) is 5.75 Å². The second-order valence-electron chi connectivity index (χ2n) is 8.55. The van der Waals surface area contributed by atoms with Crippen LogP contribution >= 0.6 is 0 Å². The van der Waals surface area contributed by atoms with E-state index in [1.54, 1.807) is 0 Å². The van der Waals surface area contributed by atoms with Gasteiger partial charge in [-0.15, -0.1) is 0 Å². The number of ether oxygens (including phenoxy) is 2. The average Bonchev–Trinajstić information content (AvgIpc) is 2.71. The van der Waals surface area contributed by atoms with Gasteiger partial charge < -0.3 is 14.8 Å². The Kier molecular flexibility index (Phi) is 7.29. The van der Waals surface area contributed by atoms with Crippen LogP contribution in [0.5, 0.6) is 5.75 Å². The first-order valence-corrected chi connectivity index (χ1v) is 10.3. The van der Waals surface area contributed by atoms with Crippen molar-refractivity contribution >= 4 is 5.91 Å². The monoisotopic (exact) mass is 396 g/mol. The van der Waals surface area contributed by atoms with Gasteiger partial charge in [0, 0.05) is 26.2 Å². The Labute approximate surface area is 174 Å². The van der Waals surface area contributed by atoms with Gasteiger partial charge in [-0.3, -0.25) is 9.69 Å². The van der Waals surface area contributed by atoms with Gasteiger partial charge in [0.05, 0.1) is 13.2 Å². The Bertz CT molecular complexity index is 791. The highest BCUT2D eigenvalue weighted by Gasteiger charge is 2.13. The molecule has 1 heterocycles. The van der Waals surface area contributed by atoms with Gasteiger partial charge in [-0.05, 0) is 34.2 Å². The molecule has 5 nitrogen and oxygen atoms in total. The van der Waals surface area contributed by atoms with Crippen molar-refractivity contribution in [2.24, 2.45) is 0 Å². The molecule has 0 saturated carbocycles. The van der Waals surface area contributed by atoms with E-state index in [-0.39, 0.29) is 17.9 Å². The normalized spacial score (nSPS) is 15.1. The van der Waals surface area contributed by atoms with Gasteiger partial charge in [-0.2, -0.15) is 0 Å². The predicted octanol–water partition coefficient (Wildman–Crippen LogP) is 3.51. The van der Waals surface area contributed by atoms with Crippen LogP contribution in [0.1, 0.15) is 37.5 Å². The molecule has 0 aliphatic carbocycles. The van der Waals surface area contributed by atoms with Crippen molar-refractivity contribution < 1.29 is 14.3 Å². The molecule has 1 aliphatic rings. The number of morpholine rings is 1. The zero-order chi connectivity index (χ0) is 20.7. The van der Waals surface area contributed by atoms with E-state index in [9.17, 15) is 4.79 Å². The summed E-state index contributed by atoms with van der Waals surface area (Å²) in [6.07, 6.45) is 0. The number of nitrogens with one attached hydrogen (secondary N) is 1. The van der Waals surface area contributed by atoms with E-state index in [1.165, 1.54) is 11.1 Å². The molecule has 29 heavy (non-hydrogen) atoms. The summed E-state index contributed by atoms with van der Waals surface area (Å²) in [5, 5.41) is 2.94. The summed E-state index contributed by atoms with van der Waals surface area (Å²) < 4.78 is 11.0. The van der Waals surface area contributed by atoms with E-state index in [0.29, 0.717) is 12.3 Å². The van der Waals surface area contributed by atoms with Crippen molar-refractivity contribution in [2.75, 3.05) is 32.9 Å². The summed E-state index contributed by atoms with van der Waals surface area (Å²) in [6, 6.07) is 16.3. The first kappa shape index (κ1) is 21.3. The number of carbonyl (C=O) groups excluding carboxylic acids is 1. The first-order valence-electron chi connectivity index (χ1n) is 10.3. The van der Waals surface area contributed by atoms with Crippen LogP contribution in [0, 0.1) is 0 Å². The van der Waals surface area contributed by atoms with Crippen LogP contribution in [0.25, 0.3) is 0 Å². The van der Waals surface area contributed by atoms with E-state index in [1.807, 2.05) is 36.4 Å². The van der Waals surface area contributed by atoms with Gasteiger partial charge in [0.2, 0.25) is 0 Å². The number of hydrogen-bond donors (Lipinski definition) is 1. The molecule has 156 valence electrons. The molecule has 0 unspecified atom stereocenters. The van der Waals surface area contributed by atoms with Crippen molar-refractivity contribution in [2.45, 2.75) is 39.3 Å².